The number of amidine groups is 1. The number of fused-ring (bicyclic) bond motifs is 1. The molecule has 3 atom stereocenters. The molecule has 4 fully saturated rings. The van der Waals surface area contributed by atoms with Gasteiger partial charge in [0.15, 0.2) is 5.82 Å². The van der Waals surface area contributed by atoms with E-state index < -0.39 is 17.9 Å². The van der Waals surface area contributed by atoms with Gasteiger partial charge in [-0.25, -0.2) is 18.3 Å². The second kappa shape index (κ2) is 15.7. The molecule has 2 aromatic rings. The Morgan fingerprint density at radius 1 is 1.21 bits per heavy atom. The van der Waals surface area contributed by atoms with Gasteiger partial charge in [-0.2, -0.15) is 10.1 Å². The van der Waals surface area contributed by atoms with Crippen LogP contribution >= 0.6 is 0 Å². The van der Waals surface area contributed by atoms with Gasteiger partial charge in [-0.05, 0) is 72.3 Å². The van der Waals surface area contributed by atoms with Crippen LogP contribution in [0.15, 0.2) is 19.4 Å². The van der Waals surface area contributed by atoms with Crippen LogP contribution in [0.5, 0.6) is 0 Å². The number of nitrogens with zero attached hydrogens (tertiary/aromatic N) is 7. The first-order valence-electron chi connectivity index (χ1n) is 17.2. The maximum Gasteiger partial charge on any atom is 0.252 e. The number of carbonyl (C=O) groups is 2. The zero-order valence-electron chi connectivity index (χ0n) is 29.3. The van der Waals surface area contributed by atoms with Crippen LogP contribution in [0.2, 0.25) is 0 Å². The maximum absolute atomic E-state index is 14.2. The first kappa shape index (κ1) is 37.1. The Kier molecular flexibility index (Phi) is 12.1. The largest absolute Gasteiger partial charge is 0.361 e. The normalized spacial score (nSPS) is 23.7. The van der Waals surface area contributed by atoms with Crippen LogP contribution in [0.3, 0.4) is 0 Å². The molecule has 48 heavy (non-hydrogen) atoms. The second-order valence-electron chi connectivity index (χ2n) is 14.0. The van der Waals surface area contributed by atoms with Crippen molar-refractivity contribution in [2.24, 2.45) is 11.8 Å². The molecule has 2 aliphatic carbocycles. The molecule has 2 amide bonds. The molecule has 2 saturated heterocycles. The predicted molar refractivity (Wildman–Crippen MR) is 183 cm³/mol. The number of imidazole rings is 1. The standard InChI is InChI=1S/C26H36F2N8O2.C6H14N2.C2H4/c1-34-10-11-35(15-25(34)7-8-25)22-19(12-17-5-3-9-29-23(17)38)33-36-14-20(31-24(36)32-22)21(30-16-37)18-4-2-6-26(27,28)13-18;1-5(2)8(4)6(3)7;1-2/h14,16-18,21H,2-13,15H2,1H3,(H,29,38)(H,30,37);5,7H,1-4H3;1-2H2/t17?,18-,21?;;/m0../s1. The number of amides is 2. The first-order chi connectivity index (χ1) is 22.8. The molecular formula is C34H54F2N10O2. The molecule has 4 aliphatic rings. The molecule has 2 aliphatic heterocycles. The van der Waals surface area contributed by atoms with Gasteiger partial charge in [-0.1, -0.05) is 0 Å². The number of carbonyl (C=O) groups excluding carboxylic acids is 2. The van der Waals surface area contributed by atoms with Crippen molar-refractivity contribution in [3.8, 4) is 0 Å². The summed E-state index contributed by atoms with van der Waals surface area (Å²) in [5.74, 6) is -1.56. The van der Waals surface area contributed by atoms with E-state index in [9.17, 15) is 18.4 Å². The first-order valence-corrected chi connectivity index (χ1v) is 17.2. The number of likely N-dealkylation sites (N-methyl/N-ethyl adjacent to an activating group) is 1. The van der Waals surface area contributed by atoms with Gasteiger partial charge in [0, 0.05) is 70.0 Å². The number of hydrogen-bond donors (Lipinski definition) is 3. The number of halogens is 2. The van der Waals surface area contributed by atoms with Gasteiger partial charge in [-0.3, -0.25) is 19.9 Å². The van der Waals surface area contributed by atoms with Crippen molar-refractivity contribution < 1.29 is 18.4 Å². The van der Waals surface area contributed by atoms with Gasteiger partial charge >= 0.3 is 0 Å². The van der Waals surface area contributed by atoms with Gasteiger partial charge in [0.1, 0.15) is 5.69 Å². The molecule has 0 aromatic carbocycles. The topological polar surface area (TPSA) is 135 Å². The number of piperazine rings is 1. The highest BCUT2D eigenvalue weighted by atomic mass is 19.3. The number of anilines is 1. The monoisotopic (exact) mass is 672 g/mol. The van der Waals surface area contributed by atoms with E-state index in [0.29, 0.717) is 55.6 Å². The minimum Gasteiger partial charge on any atom is -0.361 e. The van der Waals surface area contributed by atoms with E-state index in [1.807, 2.05) is 11.9 Å². The van der Waals surface area contributed by atoms with Crippen LogP contribution in [-0.4, -0.2) is 105 Å². The average molecular weight is 673 g/mol. The SMILES string of the molecule is C=C.CC(=N)N(C)C(C)C.CN1CCN(c2nc3nc(C(NC=O)[C@H]4CCCC(F)(F)C4)cn3nc2CC2CCCNC2=O)CC12CC2. The molecular weight excluding hydrogens is 618 g/mol. The van der Waals surface area contributed by atoms with Gasteiger partial charge in [0.2, 0.25) is 18.2 Å². The summed E-state index contributed by atoms with van der Waals surface area (Å²) in [5.41, 5.74) is 1.39. The number of piperidine rings is 1. The molecule has 2 unspecified atom stereocenters. The maximum atomic E-state index is 14.2. The van der Waals surface area contributed by atoms with E-state index in [-0.39, 0.29) is 30.2 Å². The molecule has 266 valence electrons. The Morgan fingerprint density at radius 3 is 2.52 bits per heavy atom. The summed E-state index contributed by atoms with van der Waals surface area (Å²) >= 11 is 0. The molecule has 3 N–H and O–H groups in total. The van der Waals surface area contributed by atoms with E-state index in [0.717, 1.165) is 56.8 Å². The van der Waals surface area contributed by atoms with E-state index >= 15 is 0 Å². The van der Waals surface area contributed by atoms with Crippen LogP contribution in [-0.2, 0) is 16.0 Å². The molecule has 2 aromatic heterocycles. The lowest BCUT2D eigenvalue weighted by Crippen LogP contribution is -2.54. The fraction of sp³-hybridized carbons (Fsp3) is 0.706. The zero-order valence-corrected chi connectivity index (χ0v) is 29.3. The fourth-order valence-electron chi connectivity index (χ4n) is 7.01. The summed E-state index contributed by atoms with van der Waals surface area (Å²) in [6.07, 6.45) is 7.33. The van der Waals surface area contributed by atoms with Crippen molar-refractivity contribution in [1.82, 2.24) is 40.0 Å². The second-order valence-corrected chi connectivity index (χ2v) is 14.0. The molecule has 12 nitrogen and oxygen atoms in total. The lowest BCUT2D eigenvalue weighted by atomic mass is 9.81. The van der Waals surface area contributed by atoms with E-state index in [1.54, 1.807) is 17.6 Å². The molecule has 1 spiro atoms. The van der Waals surface area contributed by atoms with Crippen molar-refractivity contribution in [2.75, 3.05) is 45.2 Å². The lowest BCUT2D eigenvalue weighted by molar-refractivity contribution is -0.126. The van der Waals surface area contributed by atoms with Gasteiger partial charge in [-0.15, -0.1) is 13.2 Å². The third-order valence-corrected chi connectivity index (χ3v) is 10.4. The predicted octanol–water partition coefficient (Wildman–Crippen LogP) is 4.22. The summed E-state index contributed by atoms with van der Waals surface area (Å²) < 4.78 is 30.0. The Labute approximate surface area is 283 Å². The highest BCUT2D eigenvalue weighted by Crippen LogP contribution is 2.45. The lowest BCUT2D eigenvalue weighted by Gasteiger charge is -2.41. The van der Waals surface area contributed by atoms with Crippen molar-refractivity contribution in [3.63, 3.8) is 0 Å². The number of alkyl halides is 2. The molecule has 0 radical (unpaired) electrons. The average Bonchev–Trinajstić information content (AvgIpc) is 3.71. The van der Waals surface area contributed by atoms with Crippen LogP contribution in [0.25, 0.3) is 5.78 Å². The van der Waals surface area contributed by atoms with Crippen LogP contribution in [0.4, 0.5) is 14.6 Å². The van der Waals surface area contributed by atoms with E-state index in [1.165, 1.54) is 0 Å². The smallest absolute Gasteiger partial charge is 0.252 e. The molecule has 2 saturated carbocycles. The number of aromatic nitrogens is 4. The Balaban J connectivity index is 0.000000459. The molecule has 0 bridgehead atoms. The number of hydrogen-bond acceptors (Lipinski definition) is 8. The number of rotatable bonds is 8. The molecule has 6 rings (SSSR count). The van der Waals surface area contributed by atoms with Gasteiger partial charge < -0.3 is 20.4 Å². The summed E-state index contributed by atoms with van der Waals surface area (Å²) in [6.45, 7) is 15.2. The van der Waals surface area contributed by atoms with Crippen molar-refractivity contribution in [2.45, 2.75) is 102 Å². The van der Waals surface area contributed by atoms with E-state index in [4.69, 9.17) is 15.5 Å². The molecule has 14 heteroatoms. The number of nitrogens with one attached hydrogen (secondary N) is 3. The highest BCUT2D eigenvalue weighted by molar-refractivity contribution is 5.79. The summed E-state index contributed by atoms with van der Waals surface area (Å²) in [5, 5.41) is 17.8. The Hall–Kier alpha value is -3.68. The Bertz CT molecular complexity index is 1430. The van der Waals surface area contributed by atoms with Crippen molar-refractivity contribution in [3.05, 3.63) is 30.7 Å². The quantitative estimate of drug-likeness (QED) is 0.164. The summed E-state index contributed by atoms with van der Waals surface area (Å²) in [4.78, 5) is 40.3. The van der Waals surface area contributed by atoms with Crippen molar-refractivity contribution in [1.29, 1.82) is 5.41 Å². The third-order valence-electron chi connectivity index (χ3n) is 10.4. The molecule has 4 heterocycles. The minimum atomic E-state index is -2.75. The van der Waals surface area contributed by atoms with Gasteiger partial charge in [0.25, 0.3) is 5.78 Å². The van der Waals surface area contributed by atoms with Crippen LogP contribution < -0.4 is 15.5 Å². The van der Waals surface area contributed by atoms with E-state index in [2.05, 4.69) is 59.5 Å². The minimum absolute atomic E-state index is 0.0425. The zero-order chi connectivity index (χ0) is 35.2. The van der Waals surface area contributed by atoms with Crippen molar-refractivity contribution >= 4 is 29.7 Å². The fourth-order valence-corrected chi connectivity index (χ4v) is 7.01. The third kappa shape index (κ3) is 8.66. The highest BCUT2D eigenvalue weighted by Gasteiger charge is 2.50. The van der Waals surface area contributed by atoms with Gasteiger partial charge in [0.05, 0.1) is 23.8 Å². The van der Waals surface area contributed by atoms with Crippen LogP contribution in [0.1, 0.15) is 89.6 Å². The summed E-state index contributed by atoms with van der Waals surface area (Å²) in [6, 6.07) is -0.191. The Morgan fingerprint density at radius 2 is 1.94 bits per heavy atom. The summed E-state index contributed by atoms with van der Waals surface area (Å²) in [7, 11) is 4.09. The van der Waals surface area contributed by atoms with Crippen LogP contribution in [0, 0.1) is 17.2 Å².